The zero-order valence-corrected chi connectivity index (χ0v) is 21.4. The summed E-state index contributed by atoms with van der Waals surface area (Å²) in [6.45, 7) is 9.47. The van der Waals surface area contributed by atoms with Gasteiger partial charge in [-0.15, -0.1) is 0 Å². The van der Waals surface area contributed by atoms with Crippen LogP contribution in [0.3, 0.4) is 0 Å². The minimum Gasteiger partial charge on any atom is -0.455 e. The van der Waals surface area contributed by atoms with Gasteiger partial charge in [0.05, 0.1) is 11.1 Å². The third-order valence-electron chi connectivity index (χ3n) is 9.90. The van der Waals surface area contributed by atoms with E-state index in [4.69, 9.17) is 9.47 Å². The van der Waals surface area contributed by atoms with E-state index in [1.54, 1.807) is 24.3 Å². The molecular weight excluding hydrogens is 436 g/mol. The molecule has 35 heavy (non-hydrogen) atoms. The predicted molar refractivity (Wildman–Crippen MR) is 136 cm³/mol. The molecule has 6 unspecified atom stereocenters. The van der Waals surface area contributed by atoms with Crippen LogP contribution in [0, 0.1) is 34.5 Å². The molecule has 186 valence electrons. The van der Waals surface area contributed by atoms with Crippen molar-refractivity contribution in [3.05, 3.63) is 71.8 Å². The molecule has 2 aromatic carbocycles. The minimum atomic E-state index is -0.434. The van der Waals surface area contributed by atoms with Crippen LogP contribution >= 0.6 is 0 Å². The van der Waals surface area contributed by atoms with E-state index in [1.165, 1.54) is 19.3 Å². The zero-order chi connectivity index (χ0) is 24.8. The largest absolute Gasteiger partial charge is 0.455 e. The van der Waals surface area contributed by atoms with Gasteiger partial charge in [0.25, 0.3) is 0 Å². The number of hydrogen-bond donors (Lipinski definition) is 0. The molecule has 0 radical (unpaired) electrons. The number of benzene rings is 2. The number of hydrogen-bond acceptors (Lipinski definition) is 4. The monoisotopic (exact) mass is 474 g/mol. The highest BCUT2D eigenvalue weighted by Crippen LogP contribution is 2.75. The van der Waals surface area contributed by atoms with Crippen LogP contribution in [0.25, 0.3) is 0 Å². The van der Waals surface area contributed by atoms with Crippen molar-refractivity contribution in [2.24, 2.45) is 34.5 Å². The fourth-order valence-electron chi connectivity index (χ4n) is 7.94. The van der Waals surface area contributed by atoms with Crippen molar-refractivity contribution in [3.8, 4) is 0 Å². The van der Waals surface area contributed by atoms with Gasteiger partial charge >= 0.3 is 11.9 Å². The number of carbonyl (C=O) groups is 2. The Hall–Kier alpha value is -2.62. The van der Waals surface area contributed by atoms with Crippen molar-refractivity contribution in [3.63, 3.8) is 0 Å². The summed E-state index contributed by atoms with van der Waals surface area (Å²) < 4.78 is 12.3. The molecule has 6 atom stereocenters. The van der Waals surface area contributed by atoms with Gasteiger partial charge in [0.2, 0.25) is 0 Å². The van der Waals surface area contributed by atoms with Crippen LogP contribution in [0.2, 0.25) is 0 Å². The first-order valence-electron chi connectivity index (χ1n) is 13.3. The fourth-order valence-corrected chi connectivity index (χ4v) is 7.94. The van der Waals surface area contributed by atoms with Crippen molar-refractivity contribution >= 4 is 11.9 Å². The first-order chi connectivity index (χ1) is 16.8. The summed E-state index contributed by atoms with van der Waals surface area (Å²) in [6.07, 6.45) is 4.40. The summed E-state index contributed by atoms with van der Waals surface area (Å²) >= 11 is 0. The standard InChI is InChI=1S/C31H38O4/c1-20(2)30-15-16-31(19-30,21(3)4)25-18-27(35-29(33)23-13-9-6-10-14-23)26(17-24(25)30)34-28(32)22-11-7-5-8-12-22/h5-14,20-21,24-27H,15-19H2,1-4H3. The number of fused-ring (bicyclic) bond motifs is 5. The van der Waals surface area contributed by atoms with Gasteiger partial charge in [-0.25, -0.2) is 9.59 Å². The van der Waals surface area contributed by atoms with Crippen LogP contribution in [-0.2, 0) is 9.47 Å². The molecule has 0 amide bonds. The Labute approximate surface area is 209 Å². The van der Waals surface area contributed by atoms with Crippen molar-refractivity contribution < 1.29 is 19.1 Å². The van der Waals surface area contributed by atoms with Gasteiger partial charge in [0, 0.05) is 0 Å². The molecule has 5 rings (SSSR count). The quantitative estimate of drug-likeness (QED) is 0.425. The second-order valence-corrected chi connectivity index (χ2v) is 11.8. The predicted octanol–water partition coefficient (Wildman–Crippen LogP) is 6.95. The second-order valence-electron chi connectivity index (χ2n) is 11.8. The third-order valence-corrected chi connectivity index (χ3v) is 9.90. The van der Waals surface area contributed by atoms with Gasteiger partial charge in [-0.05, 0) is 90.9 Å². The maximum atomic E-state index is 13.1. The van der Waals surface area contributed by atoms with Crippen molar-refractivity contribution in [1.29, 1.82) is 0 Å². The molecule has 0 aromatic heterocycles. The molecular formula is C31H38O4. The fraction of sp³-hybridized carbons (Fsp3) is 0.548. The van der Waals surface area contributed by atoms with E-state index in [-0.39, 0.29) is 22.8 Å². The van der Waals surface area contributed by atoms with Crippen LogP contribution in [0.1, 0.15) is 80.5 Å². The van der Waals surface area contributed by atoms with E-state index in [0.717, 1.165) is 12.8 Å². The lowest BCUT2D eigenvalue weighted by molar-refractivity contribution is -0.110. The molecule has 4 heteroatoms. The second kappa shape index (κ2) is 9.11. The molecule has 2 bridgehead atoms. The summed E-state index contributed by atoms with van der Waals surface area (Å²) in [5.41, 5.74) is 1.63. The lowest BCUT2D eigenvalue weighted by atomic mass is 9.56. The molecule has 0 saturated heterocycles. The SMILES string of the molecule is CC(C)C12CCC(C(C)C)(C1)C1CC(OC(=O)c3ccccc3)C(OC(=O)c3ccccc3)CC12. The highest BCUT2D eigenvalue weighted by atomic mass is 16.6. The van der Waals surface area contributed by atoms with Crippen molar-refractivity contribution in [2.75, 3.05) is 0 Å². The van der Waals surface area contributed by atoms with Gasteiger partial charge in [-0.3, -0.25) is 0 Å². The molecule has 3 fully saturated rings. The van der Waals surface area contributed by atoms with E-state index in [2.05, 4.69) is 27.7 Å². The summed E-state index contributed by atoms with van der Waals surface area (Å²) in [4.78, 5) is 26.2. The normalized spacial score (nSPS) is 33.5. The Morgan fingerprint density at radius 3 is 1.40 bits per heavy atom. The molecule has 0 heterocycles. The Morgan fingerprint density at radius 1 is 0.686 bits per heavy atom. The third kappa shape index (κ3) is 3.99. The first kappa shape index (κ1) is 24.1. The van der Waals surface area contributed by atoms with Crippen LogP contribution in [0.5, 0.6) is 0 Å². The van der Waals surface area contributed by atoms with E-state index < -0.39 is 12.2 Å². The lowest BCUT2D eigenvalue weighted by Gasteiger charge is -2.51. The molecule has 3 aliphatic carbocycles. The number of esters is 2. The van der Waals surface area contributed by atoms with E-state index in [9.17, 15) is 9.59 Å². The maximum Gasteiger partial charge on any atom is 0.338 e. The maximum absolute atomic E-state index is 13.1. The number of ether oxygens (including phenoxy) is 2. The van der Waals surface area contributed by atoms with E-state index >= 15 is 0 Å². The van der Waals surface area contributed by atoms with Gasteiger partial charge in [0.1, 0.15) is 12.2 Å². The van der Waals surface area contributed by atoms with Crippen LogP contribution in [-0.4, -0.2) is 24.1 Å². The number of rotatable bonds is 6. The average Bonchev–Trinajstić information content (AvgIpc) is 3.41. The van der Waals surface area contributed by atoms with Gasteiger partial charge < -0.3 is 9.47 Å². The molecule has 4 nitrogen and oxygen atoms in total. The molecule has 3 saturated carbocycles. The Bertz CT molecular complexity index is 976. The highest BCUT2D eigenvalue weighted by Gasteiger charge is 2.68. The van der Waals surface area contributed by atoms with Gasteiger partial charge in [-0.1, -0.05) is 64.1 Å². The first-order valence-corrected chi connectivity index (χ1v) is 13.3. The zero-order valence-electron chi connectivity index (χ0n) is 21.4. The number of carbonyl (C=O) groups excluding carboxylic acids is 2. The van der Waals surface area contributed by atoms with Gasteiger partial charge in [-0.2, -0.15) is 0 Å². The topological polar surface area (TPSA) is 52.6 Å². The smallest absolute Gasteiger partial charge is 0.338 e. The van der Waals surface area contributed by atoms with Crippen molar-refractivity contribution in [1.82, 2.24) is 0 Å². The molecule has 3 aliphatic rings. The Kier molecular flexibility index (Phi) is 6.27. The Morgan fingerprint density at radius 2 is 1.06 bits per heavy atom. The molecule has 2 aromatic rings. The molecule has 0 N–H and O–H groups in total. The highest BCUT2D eigenvalue weighted by molar-refractivity contribution is 5.90. The van der Waals surface area contributed by atoms with Crippen LogP contribution in [0.4, 0.5) is 0 Å². The Balaban J connectivity index is 1.46. The van der Waals surface area contributed by atoms with E-state index in [1.807, 2.05) is 36.4 Å². The summed E-state index contributed by atoms with van der Waals surface area (Å²) in [5.74, 6) is 1.45. The van der Waals surface area contributed by atoms with Gasteiger partial charge in [0.15, 0.2) is 0 Å². The molecule has 0 spiro atoms. The van der Waals surface area contributed by atoms with Crippen LogP contribution in [0.15, 0.2) is 60.7 Å². The summed E-state index contributed by atoms with van der Waals surface area (Å²) in [6, 6.07) is 18.3. The van der Waals surface area contributed by atoms with E-state index in [0.29, 0.717) is 34.8 Å². The minimum absolute atomic E-state index is 0.279. The van der Waals surface area contributed by atoms with Crippen molar-refractivity contribution in [2.45, 2.75) is 72.0 Å². The molecule has 0 aliphatic heterocycles. The van der Waals surface area contributed by atoms with Crippen LogP contribution < -0.4 is 0 Å². The average molecular weight is 475 g/mol. The lowest BCUT2D eigenvalue weighted by Crippen LogP contribution is -2.51. The summed E-state index contributed by atoms with van der Waals surface area (Å²) in [7, 11) is 0. The summed E-state index contributed by atoms with van der Waals surface area (Å²) in [5, 5.41) is 0.